The fourth-order valence-corrected chi connectivity index (χ4v) is 2.28. The second-order valence-corrected chi connectivity index (χ2v) is 5.47. The highest BCUT2D eigenvalue weighted by Crippen LogP contribution is 2.42. The summed E-state index contributed by atoms with van der Waals surface area (Å²) in [6.07, 6.45) is 0. The van der Waals surface area contributed by atoms with Gasteiger partial charge >= 0.3 is 5.97 Å². The lowest BCUT2D eigenvalue weighted by Gasteiger charge is -2.19. The van der Waals surface area contributed by atoms with Crippen LogP contribution in [0, 0.1) is 0 Å². The number of hydrogen-bond acceptors (Lipinski definition) is 6. The van der Waals surface area contributed by atoms with Gasteiger partial charge in [0.2, 0.25) is 5.91 Å². The summed E-state index contributed by atoms with van der Waals surface area (Å²) < 4.78 is 5.61. The van der Waals surface area contributed by atoms with Crippen LogP contribution < -0.4 is 15.0 Å². The molecule has 25 heavy (non-hydrogen) atoms. The van der Waals surface area contributed by atoms with E-state index < -0.39 is 17.6 Å². The van der Waals surface area contributed by atoms with Gasteiger partial charge in [0.15, 0.2) is 5.75 Å². The molecule has 0 unspecified atom stereocenters. The highest BCUT2D eigenvalue weighted by atomic mass is 16.5. The Labute approximate surface area is 143 Å². The van der Waals surface area contributed by atoms with Gasteiger partial charge in [0.1, 0.15) is 28.5 Å². The van der Waals surface area contributed by atoms with E-state index in [0.717, 1.165) is 6.07 Å². The summed E-state index contributed by atoms with van der Waals surface area (Å²) in [5, 5.41) is 31.5. The van der Waals surface area contributed by atoms with E-state index in [1.54, 1.807) is 31.1 Å². The number of carboxylic acid groups (broad SMARTS) is 1. The van der Waals surface area contributed by atoms with Crippen LogP contribution in [0.15, 0.2) is 30.3 Å². The van der Waals surface area contributed by atoms with Crippen molar-refractivity contribution in [2.24, 2.45) is 0 Å². The van der Waals surface area contributed by atoms with E-state index >= 15 is 0 Å². The third-order valence-electron chi connectivity index (χ3n) is 3.29. The van der Waals surface area contributed by atoms with Crippen molar-refractivity contribution < 1.29 is 29.6 Å². The Morgan fingerprint density at radius 3 is 2.36 bits per heavy atom. The van der Waals surface area contributed by atoms with Gasteiger partial charge in [-0.2, -0.15) is 0 Å². The van der Waals surface area contributed by atoms with Crippen molar-refractivity contribution >= 4 is 23.3 Å². The predicted octanol–water partition coefficient (Wildman–Crippen LogP) is 2.61. The first-order valence-corrected chi connectivity index (χ1v) is 7.25. The molecule has 0 saturated carbocycles. The molecule has 4 N–H and O–H groups in total. The quantitative estimate of drug-likeness (QED) is 0.485. The molecule has 0 atom stereocenters. The number of benzene rings is 2. The second kappa shape index (κ2) is 7.00. The van der Waals surface area contributed by atoms with Crippen LogP contribution in [0.4, 0.5) is 11.4 Å². The first kappa shape index (κ1) is 17.9. The van der Waals surface area contributed by atoms with Gasteiger partial charge < -0.3 is 30.3 Å². The Morgan fingerprint density at radius 1 is 1.12 bits per heavy atom. The monoisotopic (exact) mass is 346 g/mol. The van der Waals surface area contributed by atoms with Crippen molar-refractivity contribution in [2.75, 3.05) is 24.3 Å². The SMILES string of the molecule is CC(=O)Nc1c(O)cc(O)cc1Oc1cccc(N(C)C)c1C(=O)O. The number of aromatic carboxylic acids is 1. The van der Waals surface area contributed by atoms with Crippen LogP contribution in [0.2, 0.25) is 0 Å². The Bertz CT molecular complexity index is 832. The average molecular weight is 346 g/mol. The second-order valence-electron chi connectivity index (χ2n) is 5.47. The summed E-state index contributed by atoms with van der Waals surface area (Å²) in [7, 11) is 3.38. The molecule has 0 aromatic heterocycles. The summed E-state index contributed by atoms with van der Waals surface area (Å²) >= 11 is 0. The van der Waals surface area contributed by atoms with Gasteiger partial charge in [0, 0.05) is 33.2 Å². The summed E-state index contributed by atoms with van der Waals surface area (Å²) in [6, 6.07) is 6.86. The lowest BCUT2D eigenvalue weighted by molar-refractivity contribution is -0.114. The van der Waals surface area contributed by atoms with Crippen LogP contribution in [-0.2, 0) is 4.79 Å². The number of rotatable bonds is 5. The average Bonchev–Trinajstić information content (AvgIpc) is 2.49. The molecule has 2 aromatic carbocycles. The Kier molecular flexibility index (Phi) is 5.02. The molecule has 0 radical (unpaired) electrons. The van der Waals surface area contributed by atoms with Crippen LogP contribution in [0.3, 0.4) is 0 Å². The lowest BCUT2D eigenvalue weighted by atomic mass is 10.1. The number of aromatic hydroxyl groups is 2. The molecule has 132 valence electrons. The molecule has 0 fully saturated rings. The van der Waals surface area contributed by atoms with E-state index in [2.05, 4.69) is 5.32 Å². The predicted molar refractivity (Wildman–Crippen MR) is 91.9 cm³/mol. The third kappa shape index (κ3) is 3.92. The molecule has 8 heteroatoms. The highest BCUT2D eigenvalue weighted by molar-refractivity contribution is 5.98. The van der Waals surface area contributed by atoms with Gasteiger partial charge in [0.05, 0.1) is 5.69 Å². The molecule has 0 heterocycles. The maximum Gasteiger partial charge on any atom is 0.341 e. The van der Waals surface area contributed by atoms with Crippen LogP contribution in [0.5, 0.6) is 23.0 Å². The minimum Gasteiger partial charge on any atom is -0.508 e. The van der Waals surface area contributed by atoms with Crippen molar-refractivity contribution in [1.29, 1.82) is 0 Å². The number of carboxylic acids is 1. The molecule has 2 rings (SSSR count). The van der Waals surface area contributed by atoms with Crippen molar-refractivity contribution in [2.45, 2.75) is 6.92 Å². The van der Waals surface area contributed by atoms with E-state index in [1.807, 2.05) is 0 Å². The van der Waals surface area contributed by atoms with E-state index in [1.165, 1.54) is 19.1 Å². The van der Waals surface area contributed by atoms with E-state index in [-0.39, 0.29) is 28.5 Å². The molecule has 8 nitrogen and oxygen atoms in total. The van der Waals surface area contributed by atoms with Crippen LogP contribution in [-0.4, -0.2) is 41.3 Å². The Morgan fingerprint density at radius 2 is 1.80 bits per heavy atom. The third-order valence-corrected chi connectivity index (χ3v) is 3.29. The fourth-order valence-electron chi connectivity index (χ4n) is 2.28. The van der Waals surface area contributed by atoms with Gasteiger partial charge in [-0.3, -0.25) is 4.79 Å². The molecule has 1 amide bonds. The Balaban J connectivity index is 2.59. The number of anilines is 2. The number of nitrogens with zero attached hydrogens (tertiary/aromatic N) is 1. The fraction of sp³-hybridized carbons (Fsp3) is 0.176. The van der Waals surface area contributed by atoms with E-state index in [4.69, 9.17) is 4.74 Å². The van der Waals surface area contributed by atoms with E-state index in [0.29, 0.717) is 5.69 Å². The number of ether oxygens (including phenoxy) is 1. The molecule has 0 bridgehead atoms. The molecule has 0 aliphatic carbocycles. The van der Waals surface area contributed by atoms with Gasteiger partial charge in [-0.15, -0.1) is 0 Å². The molecule has 0 saturated heterocycles. The number of nitrogens with one attached hydrogen (secondary N) is 1. The maximum absolute atomic E-state index is 11.7. The highest BCUT2D eigenvalue weighted by Gasteiger charge is 2.21. The number of hydrogen-bond donors (Lipinski definition) is 4. The minimum absolute atomic E-state index is 0.00435. The van der Waals surface area contributed by atoms with Gasteiger partial charge in [0.25, 0.3) is 0 Å². The number of amides is 1. The zero-order chi connectivity index (χ0) is 18.7. The van der Waals surface area contributed by atoms with Crippen LogP contribution in [0.1, 0.15) is 17.3 Å². The Hall–Kier alpha value is -3.42. The summed E-state index contributed by atoms with van der Waals surface area (Å²) in [5.74, 6) is -2.48. The van der Waals surface area contributed by atoms with Crippen LogP contribution in [0.25, 0.3) is 0 Å². The number of phenols is 2. The van der Waals surface area contributed by atoms with Crippen LogP contribution >= 0.6 is 0 Å². The zero-order valence-electron chi connectivity index (χ0n) is 13.9. The van der Waals surface area contributed by atoms with E-state index in [9.17, 15) is 24.9 Å². The van der Waals surface area contributed by atoms with Crippen molar-refractivity contribution in [3.8, 4) is 23.0 Å². The van der Waals surface area contributed by atoms with Crippen molar-refractivity contribution in [3.05, 3.63) is 35.9 Å². The molecule has 0 aliphatic heterocycles. The van der Waals surface area contributed by atoms with Crippen molar-refractivity contribution in [1.82, 2.24) is 0 Å². The minimum atomic E-state index is -1.20. The summed E-state index contributed by atoms with van der Waals surface area (Å²) in [6.45, 7) is 1.24. The maximum atomic E-state index is 11.7. The zero-order valence-corrected chi connectivity index (χ0v) is 13.9. The summed E-state index contributed by atoms with van der Waals surface area (Å²) in [4.78, 5) is 24.6. The first-order chi connectivity index (χ1) is 11.7. The molecule has 0 spiro atoms. The van der Waals surface area contributed by atoms with Gasteiger partial charge in [-0.05, 0) is 12.1 Å². The van der Waals surface area contributed by atoms with Crippen molar-refractivity contribution in [3.63, 3.8) is 0 Å². The lowest BCUT2D eigenvalue weighted by Crippen LogP contribution is -2.14. The van der Waals surface area contributed by atoms with Gasteiger partial charge in [-0.25, -0.2) is 4.79 Å². The number of phenolic OH excluding ortho intramolecular Hbond substituents is 2. The molecular formula is C17H18N2O6. The molecule has 0 aliphatic rings. The smallest absolute Gasteiger partial charge is 0.341 e. The number of carbonyl (C=O) groups excluding carboxylic acids is 1. The largest absolute Gasteiger partial charge is 0.508 e. The molecular weight excluding hydrogens is 328 g/mol. The topological polar surface area (TPSA) is 119 Å². The van der Waals surface area contributed by atoms with Gasteiger partial charge in [-0.1, -0.05) is 6.07 Å². The normalized spacial score (nSPS) is 10.2. The summed E-state index contributed by atoms with van der Waals surface area (Å²) in [5.41, 5.74) is 0.247. The first-order valence-electron chi connectivity index (χ1n) is 7.25. The number of carbonyl (C=O) groups is 2. The standard InChI is InChI=1S/C17H18N2O6/c1-9(20)18-16-12(22)7-10(21)8-14(16)25-13-6-4-5-11(19(2)3)15(13)17(23)24/h4-8,21-22H,1-3H3,(H,18,20)(H,23,24). The molecule has 2 aromatic rings.